The van der Waals surface area contributed by atoms with Gasteiger partial charge in [0.2, 0.25) is 11.8 Å². The molecule has 0 saturated carbocycles. The molecule has 6 N–H and O–H groups in total. The molecule has 0 aliphatic rings. The summed E-state index contributed by atoms with van der Waals surface area (Å²) in [7, 11) is 0. The highest BCUT2D eigenvalue weighted by molar-refractivity contribution is 5.90. The number of phenolic OH excluding ortho intramolecular Hbond substituents is 1. The number of amides is 2. The van der Waals surface area contributed by atoms with E-state index in [1.165, 1.54) is 12.1 Å². The zero-order valence-corrected chi connectivity index (χ0v) is 14.4. The molecule has 0 aliphatic carbocycles. The molecule has 0 fully saturated rings. The number of carboxylic acid groups (broad SMARTS) is 1. The highest BCUT2D eigenvalue weighted by atomic mass is 16.4. The van der Waals surface area contributed by atoms with E-state index in [0.29, 0.717) is 12.0 Å². The average molecular weight is 351 g/mol. The number of aromatic hydroxyl groups is 1. The number of hydrogen-bond acceptors (Lipinski definition) is 5. The second-order valence-electron chi connectivity index (χ2n) is 6.22. The topological polar surface area (TPSA) is 142 Å². The van der Waals surface area contributed by atoms with E-state index >= 15 is 0 Å². The van der Waals surface area contributed by atoms with Crippen LogP contribution in [0.15, 0.2) is 24.3 Å². The van der Waals surface area contributed by atoms with E-state index < -0.39 is 29.9 Å². The molecule has 1 aromatic carbocycles. The Morgan fingerprint density at radius 3 is 2.16 bits per heavy atom. The van der Waals surface area contributed by atoms with Gasteiger partial charge in [-0.15, -0.1) is 0 Å². The predicted octanol–water partition coefficient (Wildman–Crippen LogP) is -0.00630. The zero-order chi connectivity index (χ0) is 19.0. The maximum atomic E-state index is 12.4. The van der Waals surface area contributed by atoms with Crippen molar-refractivity contribution in [2.24, 2.45) is 11.7 Å². The molecule has 0 unspecified atom stereocenters. The minimum absolute atomic E-state index is 0.0561. The summed E-state index contributed by atoms with van der Waals surface area (Å²) in [5.41, 5.74) is 5.91. The number of carbonyl (C=O) groups is 3. The third kappa shape index (κ3) is 7.21. The summed E-state index contributed by atoms with van der Waals surface area (Å²) in [5.74, 6) is -2.04. The smallest absolute Gasteiger partial charge is 0.326 e. The van der Waals surface area contributed by atoms with Gasteiger partial charge >= 0.3 is 5.97 Å². The van der Waals surface area contributed by atoms with Gasteiger partial charge in [0.1, 0.15) is 17.8 Å². The van der Waals surface area contributed by atoms with Crippen LogP contribution in [0, 0.1) is 5.92 Å². The Bertz CT molecular complexity index is 601. The van der Waals surface area contributed by atoms with Crippen molar-refractivity contribution >= 4 is 17.8 Å². The molecule has 0 saturated heterocycles. The molecule has 25 heavy (non-hydrogen) atoms. The number of carbonyl (C=O) groups excluding carboxylic acids is 2. The molecule has 0 heterocycles. The molecule has 138 valence electrons. The van der Waals surface area contributed by atoms with Gasteiger partial charge in [-0.05, 0) is 30.0 Å². The van der Waals surface area contributed by atoms with Gasteiger partial charge in [0.25, 0.3) is 0 Å². The number of aliphatic carboxylic acids is 1. The molecular weight excluding hydrogens is 326 g/mol. The van der Waals surface area contributed by atoms with Crippen LogP contribution in [0.5, 0.6) is 5.75 Å². The molecule has 0 aliphatic heterocycles. The number of benzene rings is 1. The summed E-state index contributed by atoms with van der Waals surface area (Å²) in [5, 5.41) is 23.6. The minimum Gasteiger partial charge on any atom is -0.508 e. The van der Waals surface area contributed by atoms with Gasteiger partial charge in [-0.1, -0.05) is 26.0 Å². The van der Waals surface area contributed by atoms with Crippen LogP contribution in [0.4, 0.5) is 0 Å². The maximum Gasteiger partial charge on any atom is 0.326 e. The third-order valence-corrected chi connectivity index (χ3v) is 3.53. The second-order valence-corrected chi connectivity index (χ2v) is 6.22. The lowest BCUT2D eigenvalue weighted by atomic mass is 10.0. The number of rotatable bonds is 9. The van der Waals surface area contributed by atoms with Crippen LogP contribution in [-0.2, 0) is 20.8 Å². The van der Waals surface area contributed by atoms with Gasteiger partial charge < -0.3 is 26.6 Å². The van der Waals surface area contributed by atoms with Crippen LogP contribution in [-0.4, -0.2) is 46.6 Å². The fraction of sp³-hybridized carbons (Fsp3) is 0.471. The fourth-order valence-corrected chi connectivity index (χ4v) is 2.30. The third-order valence-electron chi connectivity index (χ3n) is 3.53. The molecule has 8 nitrogen and oxygen atoms in total. The van der Waals surface area contributed by atoms with E-state index in [9.17, 15) is 24.6 Å². The maximum absolute atomic E-state index is 12.4. The summed E-state index contributed by atoms with van der Waals surface area (Å²) in [6.45, 7) is 3.53. The van der Waals surface area contributed by atoms with E-state index in [2.05, 4.69) is 10.6 Å². The lowest BCUT2D eigenvalue weighted by Gasteiger charge is -2.22. The zero-order valence-electron chi connectivity index (χ0n) is 14.4. The lowest BCUT2D eigenvalue weighted by molar-refractivity contribution is -0.142. The first kappa shape index (κ1) is 20.4. The van der Waals surface area contributed by atoms with E-state index in [1.807, 2.05) is 13.8 Å². The first-order valence-electron chi connectivity index (χ1n) is 8.03. The summed E-state index contributed by atoms with van der Waals surface area (Å²) >= 11 is 0. The Balaban J connectivity index is 2.82. The van der Waals surface area contributed by atoms with Crippen LogP contribution in [0.3, 0.4) is 0 Å². The van der Waals surface area contributed by atoms with E-state index in [4.69, 9.17) is 5.73 Å². The Kier molecular flexibility index (Phi) is 7.87. The average Bonchev–Trinajstić information content (AvgIpc) is 2.54. The van der Waals surface area contributed by atoms with E-state index in [-0.39, 0.29) is 24.6 Å². The van der Waals surface area contributed by atoms with Crippen LogP contribution < -0.4 is 16.4 Å². The van der Waals surface area contributed by atoms with Gasteiger partial charge in [-0.2, -0.15) is 0 Å². The Morgan fingerprint density at radius 1 is 1.08 bits per heavy atom. The minimum atomic E-state index is -1.19. The van der Waals surface area contributed by atoms with Crippen molar-refractivity contribution in [3.8, 4) is 5.75 Å². The van der Waals surface area contributed by atoms with E-state index in [1.54, 1.807) is 12.1 Å². The summed E-state index contributed by atoms with van der Waals surface area (Å²) < 4.78 is 0. The van der Waals surface area contributed by atoms with Crippen LogP contribution in [0.1, 0.15) is 25.8 Å². The largest absolute Gasteiger partial charge is 0.508 e. The Labute approximate surface area is 146 Å². The summed E-state index contributed by atoms with van der Waals surface area (Å²) in [6, 6.07) is 4.05. The monoisotopic (exact) mass is 351 g/mol. The fourth-order valence-electron chi connectivity index (χ4n) is 2.30. The summed E-state index contributed by atoms with van der Waals surface area (Å²) in [4.78, 5) is 35.4. The first-order chi connectivity index (χ1) is 11.7. The van der Waals surface area contributed by atoms with Crippen molar-refractivity contribution in [2.45, 2.75) is 38.8 Å². The first-order valence-corrected chi connectivity index (χ1v) is 8.03. The van der Waals surface area contributed by atoms with Gasteiger partial charge in [-0.3, -0.25) is 9.59 Å². The highest BCUT2D eigenvalue weighted by Crippen LogP contribution is 2.12. The van der Waals surface area contributed by atoms with Gasteiger partial charge in [0.15, 0.2) is 0 Å². The van der Waals surface area contributed by atoms with Gasteiger partial charge in [0.05, 0.1) is 6.54 Å². The predicted molar refractivity (Wildman–Crippen MR) is 91.8 cm³/mol. The van der Waals surface area contributed by atoms with Gasteiger partial charge in [-0.25, -0.2) is 4.79 Å². The number of phenols is 1. The van der Waals surface area contributed by atoms with Gasteiger partial charge in [0, 0.05) is 6.42 Å². The molecule has 8 heteroatoms. The van der Waals surface area contributed by atoms with Crippen molar-refractivity contribution in [3.63, 3.8) is 0 Å². The molecular formula is C17H25N3O5. The Morgan fingerprint density at radius 2 is 1.68 bits per heavy atom. The van der Waals surface area contributed by atoms with Crippen molar-refractivity contribution in [2.75, 3.05) is 6.54 Å². The van der Waals surface area contributed by atoms with Crippen molar-refractivity contribution < 1.29 is 24.6 Å². The molecule has 0 bridgehead atoms. The molecule has 1 rings (SSSR count). The van der Waals surface area contributed by atoms with Crippen molar-refractivity contribution in [1.29, 1.82) is 0 Å². The van der Waals surface area contributed by atoms with Crippen molar-refractivity contribution in [3.05, 3.63) is 29.8 Å². The quantitative estimate of drug-likeness (QED) is 0.424. The Hall–Kier alpha value is -2.61. The second kappa shape index (κ2) is 9.63. The lowest BCUT2D eigenvalue weighted by Crippen LogP contribution is -2.53. The number of nitrogens with two attached hydrogens (primary N) is 1. The molecule has 1 aromatic rings. The standard InChI is InChI=1S/C17H25N3O5/c1-10(2)7-13(19-15(22)9-18)16(23)20-14(17(24)25)8-11-3-5-12(21)6-4-11/h3-6,10,13-14,21H,7-9,18H2,1-2H3,(H,19,22)(H,20,23)(H,24,25)/t13-,14-/m0/s1. The number of hydrogen-bond donors (Lipinski definition) is 5. The van der Waals surface area contributed by atoms with E-state index in [0.717, 1.165) is 0 Å². The molecule has 0 radical (unpaired) electrons. The van der Waals surface area contributed by atoms with Crippen molar-refractivity contribution in [1.82, 2.24) is 10.6 Å². The molecule has 0 aromatic heterocycles. The van der Waals surface area contributed by atoms with Crippen LogP contribution >= 0.6 is 0 Å². The molecule has 0 spiro atoms. The van der Waals surface area contributed by atoms with Crippen LogP contribution in [0.25, 0.3) is 0 Å². The molecule has 2 atom stereocenters. The highest BCUT2D eigenvalue weighted by Gasteiger charge is 2.27. The summed E-state index contributed by atoms with van der Waals surface area (Å²) in [6.07, 6.45) is 0.420. The SMILES string of the molecule is CC(C)C[C@H](NC(=O)CN)C(=O)N[C@@H](Cc1ccc(O)cc1)C(=O)O. The van der Waals surface area contributed by atoms with Crippen LogP contribution in [0.2, 0.25) is 0 Å². The number of carboxylic acids is 1. The normalized spacial score (nSPS) is 13.1. The molecule has 2 amide bonds. The number of nitrogens with one attached hydrogen (secondary N) is 2.